The quantitative estimate of drug-likeness (QED) is 0.827. The van der Waals surface area contributed by atoms with E-state index in [1.54, 1.807) is 6.20 Å². The van der Waals surface area contributed by atoms with Crippen LogP contribution in [0.2, 0.25) is 0 Å². The number of aliphatic hydroxyl groups excluding tert-OH is 1. The summed E-state index contributed by atoms with van der Waals surface area (Å²) < 4.78 is 1.93. The lowest BCUT2D eigenvalue weighted by atomic mass is 10.1. The molecule has 0 spiro atoms. The molecule has 0 aliphatic carbocycles. The van der Waals surface area contributed by atoms with Gasteiger partial charge in [-0.2, -0.15) is 0 Å². The highest BCUT2D eigenvalue weighted by Gasteiger charge is 2.18. The first-order valence-corrected chi connectivity index (χ1v) is 6.00. The van der Waals surface area contributed by atoms with Crippen molar-refractivity contribution in [1.82, 2.24) is 19.3 Å². The third kappa shape index (κ3) is 2.30. The van der Waals surface area contributed by atoms with Gasteiger partial charge in [0.15, 0.2) is 0 Å². The average Bonchev–Trinajstić information content (AvgIpc) is 2.71. The third-order valence-electron chi connectivity index (χ3n) is 3.15. The molecule has 3 rings (SSSR count). The molecule has 17 heavy (non-hydrogen) atoms. The maximum absolute atomic E-state index is 9.62. The summed E-state index contributed by atoms with van der Waals surface area (Å²) in [4.78, 5) is 10.9. The first kappa shape index (κ1) is 10.7. The van der Waals surface area contributed by atoms with Crippen molar-refractivity contribution in [3.8, 4) is 0 Å². The summed E-state index contributed by atoms with van der Waals surface area (Å²) in [5.41, 5.74) is 1.01. The minimum Gasteiger partial charge on any atom is -0.392 e. The predicted octanol–water partition coefficient (Wildman–Crippen LogP) is 0.686. The molecule has 90 valence electrons. The van der Waals surface area contributed by atoms with E-state index in [2.05, 4.69) is 14.9 Å². The number of fused-ring (bicyclic) bond motifs is 1. The second-order valence-corrected chi connectivity index (χ2v) is 4.59. The van der Waals surface area contributed by atoms with E-state index >= 15 is 0 Å². The van der Waals surface area contributed by atoms with Crippen LogP contribution in [0.1, 0.15) is 18.5 Å². The number of likely N-dealkylation sites (tertiary alicyclic amines) is 1. The molecular weight excluding hydrogens is 216 g/mol. The van der Waals surface area contributed by atoms with Gasteiger partial charge in [0.1, 0.15) is 0 Å². The molecule has 3 heterocycles. The molecule has 1 saturated heterocycles. The molecule has 2 aromatic heterocycles. The zero-order valence-electron chi connectivity index (χ0n) is 9.66. The van der Waals surface area contributed by atoms with Gasteiger partial charge in [-0.1, -0.05) is 0 Å². The van der Waals surface area contributed by atoms with Crippen LogP contribution in [0.4, 0.5) is 0 Å². The van der Waals surface area contributed by atoms with E-state index < -0.39 is 0 Å². The Labute approximate surface area is 99.7 Å². The molecule has 0 radical (unpaired) electrons. The lowest BCUT2D eigenvalue weighted by molar-refractivity contribution is 0.0663. The maximum Gasteiger partial charge on any atom is 0.233 e. The molecule has 1 fully saturated rings. The van der Waals surface area contributed by atoms with E-state index in [0.29, 0.717) is 0 Å². The lowest BCUT2D eigenvalue weighted by Gasteiger charge is -2.29. The standard InChI is InChI=1S/C12H16N4O/c17-11-3-1-5-15(9-11)7-10-8-16-6-2-4-13-12(16)14-10/h2,4,6,8,11,17H,1,3,5,7,9H2. The van der Waals surface area contributed by atoms with Crippen molar-refractivity contribution in [2.75, 3.05) is 13.1 Å². The number of rotatable bonds is 2. The monoisotopic (exact) mass is 232 g/mol. The summed E-state index contributed by atoms with van der Waals surface area (Å²) in [5, 5.41) is 9.62. The van der Waals surface area contributed by atoms with Crippen molar-refractivity contribution in [2.45, 2.75) is 25.5 Å². The topological polar surface area (TPSA) is 53.7 Å². The third-order valence-corrected chi connectivity index (χ3v) is 3.15. The normalized spacial score (nSPS) is 22.1. The fourth-order valence-electron chi connectivity index (χ4n) is 2.36. The van der Waals surface area contributed by atoms with Gasteiger partial charge < -0.3 is 5.11 Å². The van der Waals surface area contributed by atoms with E-state index in [9.17, 15) is 5.11 Å². The van der Waals surface area contributed by atoms with Crippen molar-refractivity contribution < 1.29 is 5.11 Å². The summed E-state index contributed by atoms with van der Waals surface area (Å²) in [7, 11) is 0. The maximum atomic E-state index is 9.62. The molecule has 1 atom stereocenters. The van der Waals surface area contributed by atoms with Crippen molar-refractivity contribution in [1.29, 1.82) is 0 Å². The van der Waals surface area contributed by atoms with Gasteiger partial charge in [-0.25, -0.2) is 9.97 Å². The van der Waals surface area contributed by atoms with Crippen LogP contribution in [-0.4, -0.2) is 43.6 Å². The van der Waals surface area contributed by atoms with E-state index in [1.807, 2.05) is 22.9 Å². The Hall–Kier alpha value is -1.46. The zero-order chi connectivity index (χ0) is 11.7. The second-order valence-electron chi connectivity index (χ2n) is 4.59. The molecule has 1 aliphatic rings. The SMILES string of the molecule is OC1CCCN(Cc2cn3cccnc3n2)C1. The minimum atomic E-state index is -0.182. The molecule has 5 heteroatoms. The van der Waals surface area contributed by atoms with Gasteiger partial charge >= 0.3 is 0 Å². The highest BCUT2D eigenvalue weighted by molar-refractivity contribution is 5.29. The van der Waals surface area contributed by atoms with Crippen molar-refractivity contribution in [2.24, 2.45) is 0 Å². The fourth-order valence-corrected chi connectivity index (χ4v) is 2.36. The summed E-state index contributed by atoms with van der Waals surface area (Å²) in [6.45, 7) is 2.58. The highest BCUT2D eigenvalue weighted by Crippen LogP contribution is 2.13. The minimum absolute atomic E-state index is 0.182. The molecule has 1 unspecified atom stereocenters. The zero-order valence-corrected chi connectivity index (χ0v) is 9.66. The molecule has 0 aromatic carbocycles. The van der Waals surface area contributed by atoms with E-state index in [1.165, 1.54) is 0 Å². The van der Waals surface area contributed by atoms with Gasteiger partial charge in [0.25, 0.3) is 0 Å². The van der Waals surface area contributed by atoms with E-state index in [4.69, 9.17) is 0 Å². The molecule has 2 aromatic rings. The molecule has 0 bridgehead atoms. The first-order valence-electron chi connectivity index (χ1n) is 6.00. The molecule has 0 amide bonds. The van der Waals surface area contributed by atoms with Crippen LogP contribution >= 0.6 is 0 Å². The van der Waals surface area contributed by atoms with Crippen LogP contribution in [0.25, 0.3) is 5.78 Å². The smallest absolute Gasteiger partial charge is 0.233 e. The Kier molecular flexibility index (Phi) is 2.78. The Morgan fingerprint density at radius 2 is 2.41 bits per heavy atom. The number of hydrogen-bond donors (Lipinski definition) is 1. The number of piperidine rings is 1. The Morgan fingerprint density at radius 3 is 3.24 bits per heavy atom. The Morgan fingerprint density at radius 1 is 1.47 bits per heavy atom. The van der Waals surface area contributed by atoms with Crippen molar-refractivity contribution >= 4 is 5.78 Å². The molecule has 1 aliphatic heterocycles. The van der Waals surface area contributed by atoms with Gasteiger partial charge in [0.05, 0.1) is 11.8 Å². The Balaban J connectivity index is 1.75. The van der Waals surface area contributed by atoms with Gasteiger partial charge in [0, 0.05) is 31.7 Å². The van der Waals surface area contributed by atoms with Gasteiger partial charge in [-0.05, 0) is 25.5 Å². The summed E-state index contributed by atoms with van der Waals surface area (Å²) >= 11 is 0. The molecular formula is C12H16N4O. The lowest BCUT2D eigenvalue weighted by Crippen LogP contribution is -2.37. The summed E-state index contributed by atoms with van der Waals surface area (Å²) in [5.74, 6) is 0.736. The van der Waals surface area contributed by atoms with Crippen LogP contribution in [0.3, 0.4) is 0 Å². The number of aliphatic hydroxyl groups is 1. The number of imidazole rings is 1. The molecule has 0 saturated carbocycles. The van der Waals surface area contributed by atoms with Crippen LogP contribution in [0, 0.1) is 0 Å². The molecule has 5 nitrogen and oxygen atoms in total. The van der Waals surface area contributed by atoms with Crippen molar-refractivity contribution in [3.05, 3.63) is 30.4 Å². The van der Waals surface area contributed by atoms with Crippen LogP contribution in [0.5, 0.6) is 0 Å². The Bertz CT molecular complexity index is 477. The van der Waals surface area contributed by atoms with E-state index in [0.717, 1.165) is 43.9 Å². The number of nitrogens with zero attached hydrogens (tertiary/aromatic N) is 4. The molecule has 1 N–H and O–H groups in total. The van der Waals surface area contributed by atoms with Gasteiger partial charge in [-0.15, -0.1) is 0 Å². The first-order chi connectivity index (χ1) is 8.31. The number of aromatic nitrogens is 3. The van der Waals surface area contributed by atoms with Gasteiger partial charge in [-0.3, -0.25) is 9.30 Å². The number of β-amino-alcohol motifs (C(OH)–C–C–N with tert-alkyl or cyclic N) is 1. The largest absolute Gasteiger partial charge is 0.392 e. The summed E-state index contributed by atoms with van der Waals surface area (Å²) in [6.07, 6.45) is 7.50. The predicted molar refractivity (Wildman–Crippen MR) is 63.5 cm³/mol. The van der Waals surface area contributed by atoms with E-state index in [-0.39, 0.29) is 6.10 Å². The van der Waals surface area contributed by atoms with Crippen LogP contribution < -0.4 is 0 Å². The fraction of sp³-hybridized carbons (Fsp3) is 0.500. The number of hydrogen-bond acceptors (Lipinski definition) is 4. The van der Waals surface area contributed by atoms with Crippen molar-refractivity contribution in [3.63, 3.8) is 0 Å². The van der Waals surface area contributed by atoms with Crippen LogP contribution in [-0.2, 0) is 6.54 Å². The van der Waals surface area contributed by atoms with Crippen LogP contribution in [0.15, 0.2) is 24.7 Å². The average molecular weight is 232 g/mol. The highest BCUT2D eigenvalue weighted by atomic mass is 16.3. The summed E-state index contributed by atoms with van der Waals surface area (Å²) in [6, 6.07) is 1.89. The van der Waals surface area contributed by atoms with Gasteiger partial charge in [0.2, 0.25) is 5.78 Å². The second kappa shape index (κ2) is 4.43.